The van der Waals surface area contributed by atoms with Gasteiger partial charge in [0, 0.05) is 37.7 Å². The van der Waals surface area contributed by atoms with Gasteiger partial charge in [0.2, 0.25) is 0 Å². The molecule has 0 spiro atoms. The van der Waals surface area contributed by atoms with E-state index in [4.69, 9.17) is 0 Å². The molecule has 0 bridgehead atoms. The van der Waals surface area contributed by atoms with Crippen LogP contribution in [-0.2, 0) is 27.2 Å². The van der Waals surface area contributed by atoms with Crippen LogP contribution in [0.25, 0.3) is 0 Å². The van der Waals surface area contributed by atoms with Crippen LogP contribution in [0.2, 0.25) is 0 Å². The highest BCUT2D eigenvalue weighted by atomic mass is 16.2. The lowest BCUT2D eigenvalue weighted by Crippen LogP contribution is -2.31. The van der Waals surface area contributed by atoms with Gasteiger partial charge in [-0.05, 0) is 39.0 Å². The third kappa shape index (κ3) is 3.51. The SMILES string of the molecule is Cc1cc(CN(Cc2c(C)nn(C)c2C)C(=O)c2cccnc2)n(C)n1. The molecule has 136 valence electrons. The number of carbonyl (C=O) groups is 1. The van der Waals surface area contributed by atoms with Gasteiger partial charge in [0.05, 0.1) is 35.7 Å². The predicted octanol–water partition coefficient (Wildman–Crippen LogP) is 2.32. The highest BCUT2D eigenvalue weighted by molar-refractivity contribution is 5.93. The Morgan fingerprint density at radius 1 is 1.12 bits per heavy atom. The Hall–Kier alpha value is -2.96. The number of amides is 1. The van der Waals surface area contributed by atoms with Crippen LogP contribution in [0.15, 0.2) is 30.6 Å². The molecule has 0 unspecified atom stereocenters. The van der Waals surface area contributed by atoms with Crippen LogP contribution < -0.4 is 0 Å². The van der Waals surface area contributed by atoms with Crippen molar-refractivity contribution in [2.75, 3.05) is 0 Å². The van der Waals surface area contributed by atoms with Crippen LogP contribution in [-0.4, -0.2) is 35.4 Å². The summed E-state index contributed by atoms with van der Waals surface area (Å²) in [6.45, 7) is 6.91. The van der Waals surface area contributed by atoms with Gasteiger partial charge in [0.1, 0.15) is 0 Å². The van der Waals surface area contributed by atoms with E-state index in [1.54, 1.807) is 24.5 Å². The first-order valence-electron chi connectivity index (χ1n) is 8.54. The van der Waals surface area contributed by atoms with Gasteiger partial charge in [0.15, 0.2) is 0 Å². The zero-order chi connectivity index (χ0) is 18.8. The summed E-state index contributed by atoms with van der Waals surface area (Å²) in [5, 5.41) is 8.87. The highest BCUT2D eigenvalue weighted by Crippen LogP contribution is 2.19. The number of nitrogens with zero attached hydrogens (tertiary/aromatic N) is 6. The molecule has 0 saturated carbocycles. The summed E-state index contributed by atoms with van der Waals surface area (Å²) in [6.07, 6.45) is 3.27. The zero-order valence-electron chi connectivity index (χ0n) is 15.9. The van der Waals surface area contributed by atoms with Crippen LogP contribution in [0.5, 0.6) is 0 Å². The van der Waals surface area contributed by atoms with E-state index in [-0.39, 0.29) is 5.91 Å². The van der Waals surface area contributed by atoms with Crippen LogP contribution >= 0.6 is 0 Å². The van der Waals surface area contributed by atoms with E-state index in [0.29, 0.717) is 18.7 Å². The average Bonchev–Trinajstić information content (AvgIpc) is 3.06. The molecule has 7 nitrogen and oxygen atoms in total. The Morgan fingerprint density at radius 3 is 2.42 bits per heavy atom. The molecule has 0 atom stereocenters. The third-order valence-electron chi connectivity index (χ3n) is 4.66. The van der Waals surface area contributed by atoms with E-state index < -0.39 is 0 Å². The number of aromatic nitrogens is 5. The average molecular weight is 352 g/mol. The lowest BCUT2D eigenvalue weighted by Gasteiger charge is -2.23. The summed E-state index contributed by atoms with van der Waals surface area (Å²) in [5.41, 5.74) is 5.57. The zero-order valence-corrected chi connectivity index (χ0v) is 15.9. The Balaban J connectivity index is 1.95. The van der Waals surface area contributed by atoms with Crippen LogP contribution in [0.1, 0.15) is 38.7 Å². The minimum atomic E-state index is -0.0559. The fourth-order valence-corrected chi connectivity index (χ4v) is 3.12. The maximum atomic E-state index is 13.1. The Morgan fingerprint density at radius 2 is 1.88 bits per heavy atom. The molecule has 3 aromatic heterocycles. The number of hydrogen-bond acceptors (Lipinski definition) is 4. The maximum absolute atomic E-state index is 13.1. The van der Waals surface area contributed by atoms with Crippen molar-refractivity contribution >= 4 is 5.91 Å². The quantitative estimate of drug-likeness (QED) is 0.707. The fourth-order valence-electron chi connectivity index (χ4n) is 3.12. The highest BCUT2D eigenvalue weighted by Gasteiger charge is 2.21. The summed E-state index contributed by atoms with van der Waals surface area (Å²) >= 11 is 0. The molecule has 0 aromatic carbocycles. The molecule has 26 heavy (non-hydrogen) atoms. The second-order valence-corrected chi connectivity index (χ2v) is 6.58. The first-order chi connectivity index (χ1) is 12.4. The second kappa shape index (κ2) is 7.11. The number of hydrogen-bond donors (Lipinski definition) is 0. The summed E-state index contributed by atoms with van der Waals surface area (Å²) in [7, 11) is 3.82. The minimum Gasteiger partial charge on any atom is -0.328 e. The standard InChI is InChI=1S/C19H24N6O/c1-13-9-17(24(5)21-13)11-25(19(26)16-7-6-8-20-10-16)12-18-14(2)22-23(4)15(18)3/h6-10H,11-12H2,1-5H3. The molecule has 0 aliphatic rings. The molecule has 0 radical (unpaired) electrons. The van der Waals surface area contributed by atoms with Gasteiger partial charge in [-0.25, -0.2) is 0 Å². The summed E-state index contributed by atoms with van der Waals surface area (Å²) < 4.78 is 3.67. The molecule has 1 amide bonds. The molecule has 0 N–H and O–H groups in total. The molecule has 0 aliphatic carbocycles. The molecule has 3 heterocycles. The smallest absolute Gasteiger partial charge is 0.256 e. The fraction of sp³-hybridized carbons (Fsp3) is 0.368. The van der Waals surface area contributed by atoms with Crippen LogP contribution in [0, 0.1) is 20.8 Å². The minimum absolute atomic E-state index is 0.0559. The maximum Gasteiger partial charge on any atom is 0.256 e. The Labute approximate surface area is 153 Å². The molecule has 0 saturated heterocycles. The van der Waals surface area contributed by atoms with Crippen molar-refractivity contribution in [3.63, 3.8) is 0 Å². The monoisotopic (exact) mass is 352 g/mol. The van der Waals surface area contributed by atoms with E-state index >= 15 is 0 Å². The lowest BCUT2D eigenvalue weighted by molar-refractivity contribution is 0.0725. The topological polar surface area (TPSA) is 68.8 Å². The first kappa shape index (κ1) is 17.8. The van der Waals surface area contributed by atoms with Crippen molar-refractivity contribution in [2.45, 2.75) is 33.9 Å². The van der Waals surface area contributed by atoms with Crippen molar-refractivity contribution in [2.24, 2.45) is 14.1 Å². The Kier molecular flexibility index (Phi) is 4.88. The van der Waals surface area contributed by atoms with Crippen molar-refractivity contribution in [1.29, 1.82) is 0 Å². The Bertz CT molecular complexity index is 925. The number of rotatable bonds is 5. The van der Waals surface area contributed by atoms with Crippen LogP contribution in [0.3, 0.4) is 0 Å². The lowest BCUT2D eigenvalue weighted by atomic mass is 10.1. The first-order valence-corrected chi connectivity index (χ1v) is 8.54. The van der Waals surface area contributed by atoms with E-state index in [1.807, 2.05) is 55.2 Å². The van der Waals surface area contributed by atoms with E-state index in [9.17, 15) is 4.79 Å². The van der Waals surface area contributed by atoms with Crippen molar-refractivity contribution in [3.8, 4) is 0 Å². The largest absolute Gasteiger partial charge is 0.328 e. The van der Waals surface area contributed by atoms with Crippen molar-refractivity contribution < 1.29 is 4.79 Å². The van der Waals surface area contributed by atoms with Gasteiger partial charge in [-0.3, -0.25) is 19.1 Å². The van der Waals surface area contributed by atoms with Gasteiger partial charge in [0.25, 0.3) is 5.91 Å². The summed E-state index contributed by atoms with van der Waals surface area (Å²) in [6, 6.07) is 5.58. The molecule has 0 fully saturated rings. The number of pyridine rings is 1. The molecule has 0 aliphatic heterocycles. The number of aryl methyl sites for hydroxylation is 4. The van der Waals surface area contributed by atoms with E-state index in [0.717, 1.165) is 28.3 Å². The van der Waals surface area contributed by atoms with E-state index in [1.165, 1.54) is 0 Å². The predicted molar refractivity (Wildman–Crippen MR) is 98.4 cm³/mol. The van der Waals surface area contributed by atoms with Crippen LogP contribution in [0.4, 0.5) is 0 Å². The summed E-state index contributed by atoms with van der Waals surface area (Å²) in [4.78, 5) is 19.0. The molecular formula is C19H24N6O. The van der Waals surface area contributed by atoms with Gasteiger partial charge in [-0.2, -0.15) is 10.2 Å². The van der Waals surface area contributed by atoms with E-state index in [2.05, 4.69) is 15.2 Å². The van der Waals surface area contributed by atoms with Gasteiger partial charge in [-0.1, -0.05) is 0 Å². The molecular weight excluding hydrogens is 328 g/mol. The normalized spacial score (nSPS) is 11.0. The third-order valence-corrected chi connectivity index (χ3v) is 4.66. The van der Waals surface area contributed by atoms with Crippen molar-refractivity contribution in [3.05, 3.63) is 64.5 Å². The van der Waals surface area contributed by atoms with Gasteiger partial charge < -0.3 is 4.90 Å². The van der Waals surface area contributed by atoms with Crippen molar-refractivity contribution in [1.82, 2.24) is 29.4 Å². The van der Waals surface area contributed by atoms with Gasteiger partial charge in [-0.15, -0.1) is 0 Å². The molecule has 7 heteroatoms. The van der Waals surface area contributed by atoms with Gasteiger partial charge >= 0.3 is 0 Å². The second-order valence-electron chi connectivity index (χ2n) is 6.58. The number of carbonyl (C=O) groups excluding carboxylic acids is 1. The summed E-state index contributed by atoms with van der Waals surface area (Å²) in [5.74, 6) is -0.0559. The molecule has 3 rings (SSSR count). The molecule has 3 aromatic rings.